The van der Waals surface area contributed by atoms with Crippen LogP contribution in [0.15, 0.2) is 0 Å². The predicted octanol–water partition coefficient (Wildman–Crippen LogP) is 4.19. The molecular formula is C16H33NO2. The Labute approximate surface area is 119 Å². The molecule has 0 saturated carbocycles. The molecule has 0 unspecified atom stereocenters. The van der Waals surface area contributed by atoms with Gasteiger partial charge in [0.2, 0.25) is 0 Å². The highest BCUT2D eigenvalue weighted by Gasteiger charge is 2.00. The van der Waals surface area contributed by atoms with E-state index >= 15 is 0 Å². The molecule has 114 valence electrons. The van der Waals surface area contributed by atoms with Gasteiger partial charge in [-0.15, -0.1) is 0 Å². The van der Waals surface area contributed by atoms with Gasteiger partial charge in [0.1, 0.15) is 0 Å². The van der Waals surface area contributed by atoms with Crippen molar-refractivity contribution >= 4 is 5.97 Å². The number of carbonyl (C=O) groups excluding carboxylic acids is 1. The van der Waals surface area contributed by atoms with E-state index < -0.39 is 0 Å². The fourth-order valence-corrected chi connectivity index (χ4v) is 2.09. The summed E-state index contributed by atoms with van der Waals surface area (Å²) in [5, 5.41) is 0. The molecule has 0 atom stereocenters. The molecule has 0 heterocycles. The first-order chi connectivity index (χ1) is 9.31. The molecule has 0 spiro atoms. The average molecular weight is 271 g/mol. The minimum Gasteiger partial charge on any atom is -0.466 e. The highest BCUT2D eigenvalue weighted by Crippen LogP contribution is 2.10. The number of carbonyl (C=O) groups is 1. The molecule has 0 fully saturated rings. The highest BCUT2D eigenvalue weighted by atomic mass is 16.5. The maximum Gasteiger partial charge on any atom is 0.305 e. The minimum absolute atomic E-state index is 0.0959. The fourth-order valence-electron chi connectivity index (χ4n) is 2.09. The molecule has 3 heteroatoms. The summed E-state index contributed by atoms with van der Waals surface area (Å²) in [6, 6.07) is 0. The molecule has 0 bridgehead atoms. The number of hydrogen-bond donors (Lipinski definition) is 1. The van der Waals surface area contributed by atoms with Crippen LogP contribution in [0.2, 0.25) is 0 Å². The molecule has 0 aliphatic carbocycles. The second-order valence-electron chi connectivity index (χ2n) is 5.29. The van der Waals surface area contributed by atoms with E-state index in [1.807, 2.05) is 0 Å². The van der Waals surface area contributed by atoms with E-state index in [-0.39, 0.29) is 5.97 Å². The molecule has 0 aromatic carbocycles. The molecule has 0 saturated heterocycles. The van der Waals surface area contributed by atoms with Crippen molar-refractivity contribution in [3.8, 4) is 0 Å². The number of nitrogens with two attached hydrogens (primary N) is 1. The van der Waals surface area contributed by atoms with Crippen molar-refractivity contribution < 1.29 is 9.53 Å². The molecular weight excluding hydrogens is 238 g/mol. The lowest BCUT2D eigenvalue weighted by atomic mass is 10.1. The predicted molar refractivity (Wildman–Crippen MR) is 81.1 cm³/mol. The van der Waals surface area contributed by atoms with Crippen molar-refractivity contribution in [3.05, 3.63) is 0 Å². The van der Waals surface area contributed by atoms with E-state index in [0.717, 1.165) is 12.8 Å². The van der Waals surface area contributed by atoms with Crippen LogP contribution in [0.5, 0.6) is 0 Å². The molecule has 3 nitrogen and oxygen atoms in total. The quantitative estimate of drug-likeness (QED) is 0.381. The molecule has 2 N–H and O–H groups in total. The topological polar surface area (TPSA) is 52.3 Å². The second-order valence-corrected chi connectivity index (χ2v) is 5.29. The normalized spacial score (nSPS) is 10.6. The molecule has 0 rings (SSSR count). The fraction of sp³-hybridized carbons (Fsp3) is 0.938. The second kappa shape index (κ2) is 15.5. The molecule has 0 aromatic rings. The first kappa shape index (κ1) is 18.4. The van der Waals surface area contributed by atoms with Crippen molar-refractivity contribution in [1.29, 1.82) is 0 Å². The molecule has 0 aliphatic rings. The van der Waals surface area contributed by atoms with Crippen molar-refractivity contribution in [2.24, 2.45) is 5.73 Å². The van der Waals surface area contributed by atoms with Crippen LogP contribution in [0.4, 0.5) is 0 Å². The van der Waals surface area contributed by atoms with Gasteiger partial charge in [0.15, 0.2) is 0 Å². The lowest BCUT2D eigenvalue weighted by Gasteiger charge is -2.04. The van der Waals surface area contributed by atoms with Gasteiger partial charge in [-0.1, -0.05) is 64.7 Å². The summed E-state index contributed by atoms with van der Waals surface area (Å²) in [7, 11) is 0. The third-order valence-electron chi connectivity index (χ3n) is 3.35. The van der Waals surface area contributed by atoms with E-state index in [0.29, 0.717) is 19.6 Å². The summed E-state index contributed by atoms with van der Waals surface area (Å²) < 4.78 is 5.12. The van der Waals surface area contributed by atoms with Crippen molar-refractivity contribution in [2.45, 2.75) is 84.0 Å². The Bertz CT molecular complexity index is 195. The van der Waals surface area contributed by atoms with Gasteiger partial charge in [0, 0.05) is 6.42 Å². The standard InChI is InChI=1S/C16H33NO2/c1-2-3-4-5-6-7-8-9-10-11-15-19-16(18)13-12-14-17/h2-15,17H2,1H3. The van der Waals surface area contributed by atoms with Crippen molar-refractivity contribution in [1.82, 2.24) is 0 Å². The average Bonchev–Trinajstić information content (AvgIpc) is 2.42. The zero-order chi connectivity index (χ0) is 14.2. The van der Waals surface area contributed by atoms with Gasteiger partial charge in [0.05, 0.1) is 6.61 Å². The SMILES string of the molecule is CCCCCCCCCCCCOC(=O)CCCN. The van der Waals surface area contributed by atoms with Gasteiger partial charge in [-0.25, -0.2) is 0 Å². The third-order valence-corrected chi connectivity index (χ3v) is 3.35. The van der Waals surface area contributed by atoms with E-state index in [9.17, 15) is 4.79 Å². The van der Waals surface area contributed by atoms with Crippen LogP contribution >= 0.6 is 0 Å². The molecule has 0 aromatic heterocycles. The van der Waals surface area contributed by atoms with Crippen LogP contribution in [0.3, 0.4) is 0 Å². The van der Waals surface area contributed by atoms with Crippen LogP contribution in [-0.2, 0) is 9.53 Å². The Morgan fingerprint density at radius 1 is 0.842 bits per heavy atom. The van der Waals surface area contributed by atoms with Crippen LogP contribution in [0, 0.1) is 0 Å². The Morgan fingerprint density at radius 3 is 1.89 bits per heavy atom. The maximum absolute atomic E-state index is 11.2. The van der Waals surface area contributed by atoms with Crippen LogP contribution < -0.4 is 5.73 Å². The van der Waals surface area contributed by atoms with Crippen LogP contribution in [-0.4, -0.2) is 19.1 Å². The summed E-state index contributed by atoms with van der Waals surface area (Å²) >= 11 is 0. The first-order valence-corrected chi connectivity index (χ1v) is 8.17. The lowest BCUT2D eigenvalue weighted by molar-refractivity contribution is -0.143. The molecule has 0 amide bonds. The smallest absolute Gasteiger partial charge is 0.305 e. The van der Waals surface area contributed by atoms with Gasteiger partial charge in [-0.05, 0) is 19.4 Å². The minimum atomic E-state index is -0.0959. The summed E-state index contributed by atoms with van der Waals surface area (Å²) in [5.41, 5.74) is 5.33. The van der Waals surface area contributed by atoms with Gasteiger partial charge in [-0.3, -0.25) is 4.79 Å². The summed E-state index contributed by atoms with van der Waals surface area (Å²) in [5.74, 6) is -0.0959. The monoisotopic (exact) mass is 271 g/mol. The Hall–Kier alpha value is -0.570. The number of ether oxygens (including phenoxy) is 1. The van der Waals surface area contributed by atoms with Crippen molar-refractivity contribution in [2.75, 3.05) is 13.2 Å². The summed E-state index contributed by atoms with van der Waals surface area (Å²) in [6.07, 6.45) is 14.2. The van der Waals surface area contributed by atoms with E-state index in [1.165, 1.54) is 57.8 Å². The highest BCUT2D eigenvalue weighted by molar-refractivity contribution is 5.69. The number of rotatable bonds is 14. The van der Waals surface area contributed by atoms with Gasteiger partial charge >= 0.3 is 5.97 Å². The zero-order valence-electron chi connectivity index (χ0n) is 12.8. The van der Waals surface area contributed by atoms with Crippen LogP contribution in [0.25, 0.3) is 0 Å². The van der Waals surface area contributed by atoms with E-state index in [4.69, 9.17) is 10.5 Å². The Kier molecular flexibility index (Phi) is 15.0. The molecule has 0 radical (unpaired) electrons. The first-order valence-electron chi connectivity index (χ1n) is 8.17. The van der Waals surface area contributed by atoms with Crippen LogP contribution in [0.1, 0.15) is 84.0 Å². The Morgan fingerprint density at radius 2 is 1.37 bits per heavy atom. The number of hydrogen-bond acceptors (Lipinski definition) is 3. The molecule has 0 aliphatic heterocycles. The summed E-state index contributed by atoms with van der Waals surface area (Å²) in [4.78, 5) is 11.2. The number of unbranched alkanes of at least 4 members (excludes halogenated alkanes) is 9. The van der Waals surface area contributed by atoms with E-state index in [1.54, 1.807) is 0 Å². The third kappa shape index (κ3) is 15.4. The maximum atomic E-state index is 11.2. The van der Waals surface area contributed by atoms with Gasteiger partial charge in [-0.2, -0.15) is 0 Å². The largest absolute Gasteiger partial charge is 0.466 e. The zero-order valence-corrected chi connectivity index (χ0v) is 12.8. The van der Waals surface area contributed by atoms with Gasteiger partial charge in [0.25, 0.3) is 0 Å². The molecule has 19 heavy (non-hydrogen) atoms. The number of esters is 1. The van der Waals surface area contributed by atoms with Gasteiger partial charge < -0.3 is 10.5 Å². The summed E-state index contributed by atoms with van der Waals surface area (Å²) in [6.45, 7) is 3.40. The van der Waals surface area contributed by atoms with Crippen molar-refractivity contribution in [3.63, 3.8) is 0 Å². The Balaban J connectivity index is 3.04. The lowest BCUT2D eigenvalue weighted by Crippen LogP contribution is -2.08. The van der Waals surface area contributed by atoms with E-state index in [2.05, 4.69) is 6.92 Å².